The van der Waals surface area contributed by atoms with Gasteiger partial charge in [-0.2, -0.15) is 0 Å². The van der Waals surface area contributed by atoms with Crippen molar-refractivity contribution in [3.63, 3.8) is 0 Å². The number of hydrogen-bond acceptors (Lipinski definition) is 3. The Labute approximate surface area is 106 Å². The summed E-state index contributed by atoms with van der Waals surface area (Å²) >= 11 is 0. The first kappa shape index (κ1) is 13.0. The van der Waals surface area contributed by atoms with Crippen molar-refractivity contribution in [2.75, 3.05) is 6.54 Å². The predicted octanol–water partition coefficient (Wildman–Crippen LogP) is 2.40. The lowest BCUT2D eigenvalue weighted by atomic mass is 10.1. The maximum absolute atomic E-state index is 13.3. The molecule has 2 rings (SSSR count). The van der Waals surface area contributed by atoms with E-state index in [9.17, 15) is 9.18 Å². The average molecular weight is 251 g/mol. The van der Waals surface area contributed by atoms with E-state index in [1.54, 1.807) is 18.2 Å². The van der Waals surface area contributed by atoms with Crippen LogP contribution in [0.4, 0.5) is 4.39 Å². The molecule has 0 spiro atoms. The monoisotopic (exact) mass is 251 g/mol. The van der Waals surface area contributed by atoms with Crippen LogP contribution in [-0.4, -0.2) is 18.6 Å². The second kappa shape index (κ2) is 6.50. The third-order valence-electron chi connectivity index (χ3n) is 3.17. The van der Waals surface area contributed by atoms with Crippen molar-refractivity contribution >= 4 is 5.97 Å². The largest absolute Gasteiger partial charge is 0.460 e. The third-order valence-corrected chi connectivity index (χ3v) is 3.17. The summed E-state index contributed by atoms with van der Waals surface area (Å²) in [5.41, 5.74) is 0.416. The van der Waals surface area contributed by atoms with Crippen molar-refractivity contribution in [1.29, 1.82) is 0 Å². The lowest BCUT2D eigenvalue weighted by molar-refractivity contribution is -0.147. The van der Waals surface area contributed by atoms with Gasteiger partial charge in [0.1, 0.15) is 18.5 Å². The summed E-state index contributed by atoms with van der Waals surface area (Å²) in [4.78, 5) is 11.8. The summed E-state index contributed by atoms with van der Waals surface area (Å²) in [6, 6.07) is 6.11. The molecule has 0 saturated carbocycles. The zero-order valence-corrected chi connectivity index (χ0v) is 10.3. The quantitative estimate of drug-likeness (QED) is 0.838. The van der Waals surface area contributed by atoms with Gasteiger partial charge in [0, 0.05) is 5.56 Å². The van der Waals surface area contributed by atoms with Gasteiger partial charge >= 0.3 is 5.97 Å². The van der Waals surface area contributed by atoms with Crippen molar-refractivity contribution in [2.24, 2.45) is 0 Å². The van der Waals surface area contributed by atoms with Crippen LogP contribution in [0.2, 0.25) is 0 Å². The van der Waals surface area contributed by atoms with E-state index in [-0.39, 0.29) is 24.4 Å². The molecule has 1 aromatic rings. The lowest BCUT2D eigenvalue weighted by Gasteiger charge is -2.14. The molecule has 1 aliphatic heterocycles. The molecule has 1 aromatic carbocycles. The highest BCUT2D eigenvalue weighted by Gasteiger charge is 2.21. The molecule has 0 aromatic heterocycles. The van der Waals surface area contributed by atoms with Gasteiger partial charge in [0.15, 0.2) is 0 Å². The zero-order chi connectivity index (χ0) is 12.8. The first-order chi connectivity index (χ1) is 8.77. The molecule has 18 heavy (non-hydrogen) atoms. The van der Waals surface area contributed by atoms with E-state index in [1.807, 2.05) is 0 Å². The standard InChI is InChI=1S/C14H18FNO2/c15-12-7-4-3-6-11(12)10-18-14(17)13-8-2-1-5-9-16-13/h3-4,6-7,13,16H,1-2,5,8-10H2. The number of ether oxygens (including phenoxy) is 1. The van der Waals surface area contributed by atoms with E-state index in [0.29, 0.717) is 5.56 Å². The zero-order valence-electron chi connectivity index (χ0n) is 10.3. The minimum absolute atomic E-state index is 0.00366. The maximum Gasteiger partial charge on any atom is 0.323 e. The fourth-order valence-electron chi connectivity index (χ4n) is 2.09. The molecule has 1 N–H and O–H groups in total. The highest BCUT2D eigenvalue weighted by atomic mass is 19.1. The topological polar surface area (TPSA) is 38.3 Å². The number of hydrogen-bond donors (Lipinski definition) is 1. The van der Waals surface area contributed by atoms with E-state index < -0.39 is 0 Å². The van der Waals surface area contributed by atoms with Gasteiger partial charge in [-0.15, -0.1) is 0 Å². The highest BCUT2D eigenvalue weighted by Crippen LogP contribution is 2.12. The molecule has 0 radical (unpaired) electrons. The van der Waals surface area contributed by atoms with E-state index in [4.69, 9.17) is 4.74 Å². The van der Waals surface area contributed by atoms with Crippen LogP contribution >= 0.6 is 0 Å². The lowest BCUT2D eigenvalue weighted by Crippen LogP contribution is -2.37. The minimum atomic E-state index is -0.334. The Kier molecular flexibility index (Phi) is 4.70. The molecule has 0 amide bonds. The van der Waals surface area contributed by atoms with Crippen molar-refractivity contribution < 1.29 is 13.9 Å². The Hall–Kier alpha value is -1.42. The molecular formula is C14H18FNO2. The van der Waals surface area contributed by atoms with Gasteiger partial charge < -0.3 is 10.1 Å². The van der Waals surface area contributed by atoms with Gasteiger partial charge in [0.25, 0.3) is 0 Å². The Morgan fingerprint density at radius 3 is 3.00 bits per heavy atom. The van der Waals surface area contributed by atoms with Crippen molar-refractivity contribution in [1.82, 2.24) is 5.32 Å². The summed E-state index contributed by atoms with van der Waals surface area (Å²) in [5, 5.41) is 3.16. The molecule has 0 aliphatic carbocycles. The summed E-state index contributed by atoms with van der Waals surface area (Å²) in [6.45, 7) is 0.850. The number of nitrogens with one attached hydrogen (secondary N) is 1. The Balaban J connectivity index is 1.86. The number of carbonyl (C=O) groups is 1. The Bertz CT molecular complexity index is 401. The summed E-state index contributed by atoms with van der Waals surface area (Å²) in [7, 11) is 0. The first-order valence-corrected chi connectivity index (χ1v) is 6.41. The van der Waals surface area contributed by atoms with Crippen LogP contribution in [0, 0.1) is 5.82 Å². The van der Waals surface area contributed by atoms with E-state index in [0.717, 1.165) is 32.2 Å². The molecule has 1 saturated heterocycles. The SMILES string of the molecule is O=C(OCc1ccccc1F)C1CCCCCN1. The fraction of sp³-hybridized carbons (Fsp3) is 0.500. The maximum atomic E-state index is 13.3. The Morgan fingerprint density at radius 1 is 1.33 bits per heavy atom. The van der Waals surface area contributed by atoms with Gasteiger partial charge in [-0.3, -0.25) is 4.79 Å². The Morgan fingerprint density at radius 2 is 2.17 bits per heavy atom. The molecule has 1 aliphatic rings. The molecule has 1 unspecified atom stereocenters. The second-order valence-electron chi connectivity index (χ2n) is 4.56. The normalized spacial score (nSPS) is 20.2. The van der Waals surface area contributed by atoms with Gasteiger partial charge in [0.2, 0.25) is 0 Å². The van der Waals surface area contributed by atoms with Gasteiger partial charge in [-0.1, -0.05) is 31.0 Å². The second-order valence-corrected chi connectivity index (χ2v) is 4.56. The van der Waals surface area contributed by atoms with Crippen molar-refractivity contribution in [3.05, 3.63) is 35.6 Å². The van der Waals surface area contributed by atoms with Crippen LogP contribution in [-0.2, 0) is 16.1 Å². The van der Waals surface area contributed by atoms with E-state index >= 15 is 0 Å². The molecule has 1 heterocycles. The van der Waals surface area contributed by atoms with Crippen LogP contribution in [0.25, 0.3) is 0 Å². The fourth-order valence-corrected chi connectivity index (χ4v) is 2.09. The van der Waals surface area contributed by atoms with Crippen LogP contribution < -0.4 is 5.32 Å². The number of halogens is 1. The van der Waals surface area contributed by atoms with Crippen molar-refractivity contribution in [2.45, 2.75) is 38.3 Å². The summed E-state index contributed by atoms with van der Waals surface area (Å²) in [6.07, 6.45) is 4.07. The van der Waals surface area contributed by atoms with E-state index in [1.165, 1.54) is 6.07 Å². The molecular weight excluding hydrogens is 233 g/mol. The number of rotatable bonds is 3. The predicted molar refractivity (Wildman–Crippen MR) is 66.5 cm³/mol. The number of esters is 1. The highest BCUT2D eigenvalue weighted by molar-refractivity contribution is 5.75. The summed E-state index contributed by atoms with van der Waals surface area (Å²) in [5.74, 6) is -0.612. The summed E-state index contributed by atoms with van der Waals surface area (Å²) < 4.78 is 18.5. The number of benzene rings is 1. The number of carbonyl (C=O) groups excluding carboxylic acids is 1. The van der Waals surface area contributed by atoms with Crippen LogP contribution in [0.5, 0.6) is 0 Å². The molecule has 4 heteroatoms. The van der Waals surface area contributed by atoms with Gasteiger partial charge in [0.05, 0.1) is 0 Å². The molecule has 1 fully saturated rings. The molecule has 0 bridgehead atoms. The molecule has 1 atom stereocenters. The third kappa shape index (κ3) is 3.53. The minimum Gasteiger partial charge on any atom is -0.460 e. The first-order valence-electron chi connectivity index (χ1n) is 6.41. The van der Waals surface area contributed by atoms with Gasteiger partial charge in [-0.25, -0.2) is 4.39 Å². The van der Waals surface area contributed by atoms with Gasteiger partial charge in [-0.05, 0) is 25.5 Å². The van der Waals surface area contributed by atoms with Crippen molar-refractivity contribution in [3.8, 4) is 0 Å². The smallest absolute Gasteiger partial charge is 0.323 e. The van der Waals surface area contributed by atoms with E-state index in [2.05, 4.69) is 5.32 Å². The molecule has 98 valence electrons. The van der Waals surface area contributed by atoms with Crippen LogP contribution in [0.15, 0.2) is 24.3 Å². The van der Waals surface area contributed by atoms with Crippen LogP contribution in [0.3, 0.4) is 0 Å². The van der Waals surface area contributed by atoms with Crippen LogP contribution in [0.1, 0.15) is 31.2 Å². The molecule has 3 nitrogen and oxygen atoms in total. The average Bonchev–Trinajstić information content (AvgIpc) is 2.66.